The van der Waals surface area contributed by atoms with Gasteiger partial charge in [-0.1, -0.05) is 67.4 Å². The quantitative estimate of drug-likeness (QED) is 0.210. The molecule has 4 unspecified atom stereocenters. The summed E-state index contributed by atoms with van der Waals surface area (Å²) in [6.45, 7) is 14.9. The molecule has 9 heteroatoms. The second kappa shape index (κ2) is 15.6. The minimum Gasteiger partial charge on any atom is -0.480 e. The topological polar surface area (TPSA) is 142 Å². The molecule has 0 aliphatic carbocycles. The summed E-state index contributed by atoms with van der Waals surface area (Å²) >= 11 is 0. The van der Waals surface area contributed by atoms with Crippen molar-refractivity contribution in [1.29, 1.82) is 0 Å². The number of nitrogens with two attached hydrogens (primary N) is 1. The lowest BCUT2D eigenvalue weighted by atomic mass is 9.86. The van der Waals surface area contributed by atoms with E-state index in [-0.39, 0.29) is 47.6 Å². The van der Waals surface area contributed by atoms with Gasteiger partial charge in [0, 0.05) is 5.92 Å². The third-order valence-electron chi connectivity index (χ3n) is 6.38. The van der Waals surface area contributed by atoms with Crippen LogP contribution in [0, 0.1) is 17.3 Å². The van der Waals surface area contributed by atoms with Gasteiger partial charge in [0.15, 0.2) is 11.5 Å². The fourth-order valence-electron chi connectivity index (χ4n) is 4.21. The molecule has 1 aromatic carbocycles. The molecular formula is C30H47NO8. The average Bonchev–Trinajstić information content (AvgIpc) is 2.82. The Morgan fingerprint density at radius 1 is 0.897 bits per heavy atom. The van der Waals surface area contributed by atoms with Crippen LogP contribution in [0.25, 0.3) is 0 Å². The van der Waals surface area contributed by atoms with Gasteiger partial charge in [0.05, 0.1) is 24.4 Å². The number of ether oxygens (including phenoxy) is 3. The van der Waals surface area contributed by atoms with Crippen molar-refractivity contribution in [2.75, 3.05) is 0 Å². The molecule has 0 fully saturated rings. The number of carbonyl (C=O) groups excluding carboxylic acids is 3. The molecule has 0 aromatic heterocycles. The zero-order valence-corrected chi connectivity index (χ0v) is 24.7. The molecule has 1 aromatic rings. The Morgan fingerprint density at radius 3 is 1.87 bits per heavy atom. The molecule has 0 amide bonds. The van der Waals surface area contributed by atoms with E-state index in [1.54, 1.807) is 26.8 Å². The van der Waals surface area contributed by atoms with Crippen LogP contribution >= 0.6 is 0 Å². The van der Waals surface area contributed by atoms with E-state index in [1.165, 1.54) is 12.1 Å². The zero-order valence-electron chi connectivity index (χ0n) is 24.7. The van der Waals surface area contributed by atoms with Gasteiger partial charge in [0.25, 0.3) is 0 Å². The summed E-state index contributed by atoms with van der Waals surface area (Å²) in [5.74, 6) is -4.01. The normalized spacial score (nSPS) is 15.4. The van der Waals surface area contributed by atoms with Crippen LogP contribution in [0.5, 0.6) is 11.5 Å². The summed E-state index contributed by atoms with van der Waals surface area (Å²) in [4.78, 5) is 49.7. The number of hydrogen-bond acceptors (Lipinski definition) is 8. The maximum Gasteiger partial charge on any atom is 0.321 e. The van der Waals surface area contributed by atoms with Gasteiger partial charge in [-0.2, -0.15) is 0 Å². The largest absolute Gasteiger partial charge is 0.480 e. The van der Waals surface area contributed by atoms with Gasteiger partial charge in [-0.3, -0.25) is 19.2 Å². The molecule has 220 valence electrons. The first kappa shape index (κ1) is 34.1. The van der Waals surface area contributed by atoms with Gasteiger partial charge >= 0.3 is 23.9 Å². The van der Waals surface area contributed by atoms with Crippen molar-refractivity contribution >= 4 is 23.9 Å². The first-order valence-corrected chi connectivity index (χ1v) is 13.8. The molecule has 0 aliphatic rings. The molecule has 0 radical (unpaired) electrons. The van der Waals surface area contributed by atoms with Gasteiger partial charge < -0.3 is 25.1 Å². The first-order valence-electron chi connectivity index (χ1n) is 13.8. The Bertz CT molecular complexity index is 984. The zero-order chi connectivity index (χ0) is 29.9. The standard InChI is InChI=1S/C30H47NO8/c1-9-11-18(3)28(35)38-23-14-13-21(16-24(23)39-29(36)19(4)12-10-2)22(26(31)27(33)34)15-20(5)37-25(32)17-30(6,7)8/h13-14,16,18-20,22,26H,9-12,15,17,31H2,1-8H3,(H,33,34)/t18?,19?,20?,22?,26-/m0/s1. The highest BCUT2D eigenvalue weighted by atomic mass is 16.6. The first-order chi connectivity index (χ1) is 18.1. The number of esters is 3. The highest BCUT2D eigenvalue weighted by Gasteiger charge is 2.31. The molecular weight excluding hydrogens is 502 g/mol. The monoisotopic (exact) mass is 549 g/mol. The number of aliphatic carboxylic acids is 1. The lowest BCUT2D eigenvalue weighted by Crippen LogP contribution is -2.38. The second-order valence-corrected chi connectivity index (χ2v) is 11.7. The molecule has 9 nitrogen and oxygen atoms in total. The molecule has 39 heavy (non-hydrogen) atoms. The van der Waals surface area contributed by atoms with Gasteiger partial charge in [-0.25, -0.2) is 0 Å². The molecule has 0 heterocycles. The van der Waals surface area contributed by atoms with E-state index in [0.29, 0.717) is 18.4 Å². The average molecular weight is 550 g/mol. The molecule has 5 atom stereocenters. The SMILES string of the molecule is CCCC(C)C(=O)Oc1ccc(C(CC(C)OC(=O)CC(C)(C)C)[C@H](N)C(=O)O)cc1OC(=O)C(C)CCC. The molecule has 0 saturated carbocycles. The number of carboxylic acids is 1. The maximum atomic E-state index is 12.8. The molecule has 1 rings (SSSR count). The number of carboxylic acid groups (broad SMARTS) is 1. The minimum absolute atomic E-state index is 0.0115. The van der Waals surface area contributed by atoms with E-state index in [0.717, 1.165) is 12.8 Å². The van der Waals surface area contributed by atoms with E-state index in [2.05, 4.69) is 0 Å². The molecule has 0 saturated heterocycles. The smallest absolute Gasteiger partial charge is 0.321 e. The second-order valence-electron chi connectivity index (χ2n) is 11.7. The highest BCUT2D eigenvalue weighted by Crippen LogP contribution is 2.36. The van der Waals surface area contributed by atoms with E-state index >= 15 is 0 Å². The van der Waals surface area contributed by atoms with Crippen LogP contribution in [0.1, 0.15) is 105 Å². The van der Waals surface area contributed by atoms with E-state index < -0.39 is 36.0 Å². The minimum atomic E-state index is -1.32. The van der Waals surface area contributed by atoms with Gasteiger partial charge in [-0.15, -0.1) is 0 Å². The van der Waals surface area contributed by atoms with Crippen LogP contribution in [-0.2, 0) is 23.9 Å². The van der Waals surface area contributed by atoms with Crippen molar-refractivity contribution in [3.8, 4) is 11.5 Å². The van der Waals surface area contributed by atoms with Gasteiger partial charge in [0.2, 0.25) is 0 Å². The molecule has 3 N–H and O–H groups in total. The number of rotatable bonds is 15. The van der Waals surface area contributed by atoms with Crippen LogP contribution in [-0.4, -0.2) is 41.1 Å². The molecule has 0 spiro atoms. The Kier molecular flexibility index (Phi) is 13.6. The van der Waals surface area contributed by atoms with Crippen LogP contribution in [0.3, 0.4) is 0 Å². The van der Waals surface area contributed by atoms with E-state index in [4.69, 9.17) is 19.9 Å². The summed E-state index contributed by atoms with van der Waals surface area (Å²) in [5.41, 5.74) is 6.27. The number of hydrogen-bond donors (Lipinski definition) is 2. The van der Waals surface area contributed by atoms with Crippen LogP contribution in [0.2, 0.25) is 0 Å². The third kappa shape index (κ3) is 11.8. The lowest BCUT2D eigenvalue weighted by Gasteiger charge is -2.26. The molecule has 0 aliphatic heterocycles. The van der Waals surface area contributed by atoms with Crippen molar-refractivity contribution in [2.45, 2.75) is 112 Å². The van der Waals surface area contributed by atoms with Crippen molar-refractivity contribution in [3.05, 3.63) is 23.8 Å². The Labute approximate surface area is 232 Å². The van der Waals surface area contributed by atoms with E-state index in [9.17, 15) is 24.3 Å². The predicted molar refractivity (Wildman–Crippen MR) is 148 cm³/mol. The van der Waals surface area contributed by atoms with Crippen LogP contribution in [0.15, 0.2) is 18.2 Å². The predicted octanol–water partition coefficient (Wildman–Crippen LogP) is 5.62. The summed E-state index contributed by atoms with van der Waals surface area (Å²) in [6.07, 6.45) is 2.55. The van der Waals surface area contributed by atoms with Crippen molar-refractivity contribution in [3.63, 3.8) is 0 Å². The van der Waals surface area contributed by atoms with Crippen LogP contribution in [0.4, 0.5) is 0 Å². The summed E-state index contributed by atoms with van der Waals surface area (Å²) in [7, 11) is 0. The molecule has 0 bridgehead atoms. The van der Waals surface area contributed by atoms with Gasteiger partial charge in [0.1, 0.15) is 6.04 Å². The maximum absolute atomic E-state index is 12.8. The fourth-order valence-corrected chi connectivity index (χ4v) is 4.21. The third-order valence-corrected chi connectivity index (χ3v) is 6.38. The Hall–Kier alpha value is -2.94. The van der Waals surface area contributed by atoms with Gasteiger partial charge in [-0.05, 0) is 49.3 Å². The summed E-state index contributed by atoms with van der Waals surface area (Å²) < 4.78 is 16.8. The summed E-state index contributed by atoms with van der Waals surface area (Å²) in [6, 6.07) is 3.24. The summed E-state index contributed by atoms with van der Waals surface area (Å²) in [5, 5.41) is 9.71. The van der Waals surface area contributed by atoms with Crippen LogP contribution < -0.4 is 15.2 Å². The Morgan fingerprint density at radius 2 is 1.41 bits per heavy atom. The van der Waals surface area contributed by atoms with Crippen molar-refractivity contribution in [1.82, 2.24) is 0 Å². The Balaban J connectivity index is 3.38. The van der Waals surface area contributed by atoms with Crippen molar-refractivity contribution in [2.24, 2.45) is 23.0 Å². The number of benzene rings is 1. The highest BCUT2D eigenvalue weighted by molar-refractivity contribution is 5.79. The van der Waals surface area contributed by atoms with E-state index in [1.807, 2.05) is 34.6 Å². The van der Waals surface area contributed by atoms with Crippen molar-refractivity contribution < 1.29 is 38.5 Å². The lowest BCUT2D eigenvalue weighted by molar-refractivity contribution is -0.151. The fraction of sp³-hybridized carbons (Fsp3) is 0.667. The number of carbonyl (C=O) groups is 4.